The number of anilines is 1. The summed E-state index contributed by atoms with van der Waals surface area (Å²) in [7, 11) is 0. The molecule has 0 unspecified atom stereocenters. The summed E-state index contributed by atoms with van der Waals surface area (Å²) < 4.78 is 13.6. The Bertz CT molecular complexity index is 1220. The van der Waals surface area contributed by atoms with E-state index in [0.717, 1.165) is 14.7 Å². The Morgan fingerprint density at radius 3 is 2.55 bits per heavy atom. The van der Waals surface area contributed by atoms with Gasteiger partial charge in [-0.2, -0.15) is 5.26 Å². The van der Waals surface area contributed by atoms with E-state index < -0.39 is 5.91 Å². The normalized spacial score (nSPS) is 10.9. The van der Waals surface area contributed by atoms with Gasteiger partial charge in [-0.1, -0.05) is 24.3 Å². The van der Waals surface area contributed by atoms with Gasteiger partial charge in [-0.15, -0.1) is 0 Å². The Labute approximate surface area is 215 Å². The number of aryl methyl sites for hydroxylation is 1. The van der Waals surface area contributed by atoms with E-state index in [4.69, 9.17) is 9.47 Å². The lowest BCUT2D eigenvalue weighted by Gasteiger charge is -2.15. The first-order valence-corrected chi connectivity index (χ1v) is 12.1. The van der Waals surface area contributed by atoms with Crippen LogP contribution < -0.4 is 14.8 Å². The molecule has 0 heterocycles. The fraction of sp³-hybridized carbons (Fsp3) is 0.154. The van der Waals surface area contributed by atoms with Gasteiger partial charge in [0.1, 0.15) is 18.2 Å². The Balaban J connectivity index is 1.85. The van der Waals surface area contributed by atoms with Crippen LogP contribution in [0.4, 0.5) is 5.69 Å². The third-order valence-electron chi connectivity index (χ3n) is 4.74. The van der Waals surface area contributed by atoms with Crippen LogP contribution in [0.25, 0.3) is 6.08 Å². The molecule has 1 amide bonds. The molecule has 33 heavy (non-hydrogen) atoms. The first kappa shape index (κ1) is 24.8. The molecular weight excluding hydrogens is 595 g/mol. The van der Waals surface area contributed by atoms with E-state index in [9.17, 15) is 10.1 Å². The largest absolute Gasteiger partial charge is 0.490 e. The van der Waals surface area contributed by atoms with Gasteiger partial charge in [0.2, 0.25) is 0 Å². The van der Waals surface area contributed by atoms with Crippen molar-refractivity contribution in [1.29, 1.82) is 5.26 Å². The molecule has 1 N–H and O–H groups in total. The molecular formula is C26H22BrIN2O3. The van der Waals surface area contributed by atoms with Gasteiger partial charge in [-0.3, -0.25) is 4.79 Å². The standard InChI is InChI=1S/C26H22BrIN2O3/c1-3-32-24-14-18(12-20(15-29)26(31)30-22-10-8-21(28)9-11-22)13-23(27)25(24)33-16-19-7-5-4-6-17(19)2/h4-14H,3,16H2,1-2H3,(H,30,31)/b20-12+. The lowest BCUT2D eigenvalue weighted by Crippen LogP contribution is -2.13. The minimum absolute atomic E-state index is 0.0172. The molecule has 0 spiro atoms. The minimum Gasteiger partial charge on any atom is -0.490 e. The smallest absolute Gasteiger partial charge is 0.266 e. The van der Waals surface area contributed by atoms with Crippen LogP contribution in [0, 0.1) is 21.8 Å². The topological polar surface area (TPSA) is 71.3 Å². The summed E-state index contributed by atoms with van der Waals surface area (Å²) in [5.74, 6) is 0.619. The number of nitrogens with one attached hydrogen (secondary N) is 1. The molecule has 0 aliphatic carbocycles. The Kier molecular flexibility index (Phi) is 8.92. The Morgan fingerprint density at radius 2 is 1.88 bits per heavy atom. The summed E-state index contributed by atoms with van der Waals surface area (Å²) in [5.41, 5.74) is 3.47. The van der Waals surface area contributed by atoms with Crippen LogP contribution in [0.1, 0.15) is 23.6 Å². The lowest BCUT2D eigenvalue weighted by molar-refractivity contribution is -0.112. The molecule has 0 bridgehead atoms. The number of benzene rings is 3. The van der Waals surface area contributed by atoms with E-state index in [0.29, 0.717) is 40.4 Å². The van der Waals surface area contributed by atoms with E-state index >= 15 is 0 Å². The van der Waals surface area contributed by atoms with Gasteiger partial charge in [-0.25, -0.2) is 0 Å². The molecule has 5 nitrogen and oxygen atoms in total. The molecule has 0 radical (unpaired) electrons. The maximum atomic E-state index is 12.6. The number of ether oxygens (including phenoxy) is 2. The molecule has 0 aliphatic heterocycles. The van der Waals surface area contributed by atoms with Crippen molar-refractivity contribution in [1.82, 2.24) is 0 Å². The number of carbonyl (C=O) groups is 1. The number of hydrogen-bond acceptors (Lipinski definition) is 4. The number of nitriles is 1. The van der Waals surface area contributed by atoms with Gasteiger partial charge in [0, 0.05) is 9.26 Å². The van der Waals surface area contributed by atoms with Crippen LogP contribution in [0.5, 0.6) is 11.5 Å². The number of hydrogen-bond donors (Lipinski definition) is 1. The van der Waals surface area contributed by atoms with Crippen molar-refractivity contribution in [2.75, 3.05) is 11.9 Å². The lowest BCUT2D eigenvalue weighted by atomic mass is 10.1. The second-order valence-corrected chi connectivity index (χ2v) is 9.21. The Morgan fingerprint density at radius 1 is 1.15 bits per heavy atom. The van der Waals surface area contributed by atoms with Crippen molar-refractivity contribution in [3.63, 3.8) is 0 Å². The van der Waals surface area contributed by atoms with E-state index in [2.05, 4.69) is 43.8 Å². The van der Waals surface area contributed by atoms with Crippen LogP contribution in [0.15, 0.2) is 70.7 Å². The zero-order valence-electron chi connectivity index (χ0n) is 18.2. The predicted molar refractivity (Wildman–Crippen MR) is 142 cm³/mol. The molecule has 7 heteroatoms. The molecule has 0 aromatic heterocycles. The quantitative estimate of drug-likeness (QED) is 0.170. The first-order valence-electron chi connectivity index (χ1n) is 10.2. The van der Waals surface area contributed by atoms with Crippen LogP contribution in [0.3, 0.4) is 0 Å². The zero-order valence-corrected chi connectivity index (χ0v) is 21.9. The number of nitrogens with zero attached hydrogens (tertiary/aromatic N) is 1. The van der Waals surface area contributed by atoms with Crippen molar-refractivity contribution in [2.45, 2.75) is 20.5 Å². The molecule has 0 fully saturated rings. The maximum absolute atomic E-state index is 12.6. The second-order valence-electron chi connectivity index (χ2n) is 7.11. The summed E-state index contributed by atoms with van der Waals surface area (Å²) in [6.07, 6.45) is 1.53. The third kappa shape index (κ3) is 6.83. The third-order valence-corrected chi connectivity index (χ3v) is 6.05. The van der Waals surface area contributed by atoms with Crippen molar-refractivity contribution < 1.29 is 14.3 Å². The van der Waals surface area contributed by atoms with Gasteiger partial charge in [0.25, 0.3) is 5.91 Å². The number of rotatable bonds is 8. The van der Waals surface area contributed by atoms with Crippen LogP contribution in [0.2, 0.25) is 0 Å². The van der Waals surface area contributed by atoms with Crippen molar-refractivity contribution >= 4 is 56.2 Å². The monoisotopic (exact) mass is 616 g/mol. The predicted octanol–water partition coefficient (Wildman–Crippen LogP) is 6.89. The van der Waals surface area contributed by atoms with E-state index in [1.165, 1.54) is 6.08 Å². The van der Waals surface area contributed by atoms with Crippen LogP contribution >= 0.6 is 38.5 Å². The average molecular weight is 617 g/mol. The fourth-order valence-corrected chi connectivity index (χ4v) is 3.98. The summed E-state index contributed by atoms with van der Waals surface area (Å²) in [6, 6.07) is 20.9. The van der Waals surface area contributed by atoms with Gasteiger partial charge < -0.3 is 14.8 Å². The van der Waals surface area contributed by atoms with E-state index in [1.807, 2.05) is 56.3 Å². The van der Waals surface area contributed by atoms with Crippen LogP contribution in [-0.2, 0) is 11.4 Å². The summed E-state index contributed by atoms with van der Waals surface area (Å²) in [6.45, 7) is 4.76. The molecule has 0 saturated heterocycles. The van der Waals surface area contributed by atoms with Gasteiger partial charge >= 0.3 is 0 Å². The molecule has 3 aromatic carbocycles. The Hall–Kier alpha value is -2.83. The fourth-order valence-electron chi connectivity index (χ4n) is 3.04. The van der Waals surface area contributed by atoms with Crippen LogP contribution in [-0.4, -0.2) is 12.5 Å². The second kappa shape index (κ2) is 11.9. The highest BCUT2D eigenvalue weighted by Crippen LogP contribution is 2.38. The number of amides is 1. The van der Waals surface area contributed by atoms with Gasteiger partial charge in [0.05, 0.1) is 11.1 Å². The molecule has 3 rings (SSSR count). The zero-order chi connectivity index (χ0) is 23.8. The summed E-state index contributed by atoms with van der Waals surface area (Å²) in [4.78, 5) is 12.6. The first-order chi connectivity index (χ1) is 15.9. The molecule has 0 atom stereocenters. The van der Waals surface area contributed by atoms with Crippen molar-refractivity contribution in [3.8, 4) is 17.6 Å². The average Bonchev–Trinajstić information content (AvgIpc) is 2.79. The molecule has 0 saturated carbocycles. The highest BCUT2D eigenvalue weighted by atomic mass is 127. The molecule has 0 aliphatic rings. The highest BCUT2D eigenvalue weighted by Gasteiger charge is 2.15. The minimum atomic E-state index is -0.479. The maximum Gasteiger partial charge on any atom is 0.266 e. The van der Waals surface area contributed by atoms with Crippen molar-refractivity contribution in [2.24, 2.45) is 0 Å². The van der Waals surface area contributed by atoms with Crippen molar-refractivity contribution in [3.05, 3.63) is 91.0 Å². The van der Waals surface area contributed by atoms with E-state index in [1.54, 1.807) is 24.3 Å². The summed E-state index contributed by atoms with van der Waals surface area (Å²) >= 11 is 5.74. The summed E-state index contributed by atoms with van der Waals surface area (Å²) in [5, 5.41) is 12.3. The highest BCUT2D eigenvalue weighted by molar-refractivity contribution is 14.1. The molecule has 168 valence electrons. The van der Waals surface area contributed by atoms with Gasteiger partial charge in [-0.05, 0) is 112 Å². The number of carbonyl (C=O) groups excluding carboxylic acids is 1. The van der Waals surface area contributed by atoms with E-state index in [-0.39, 0.29) is 5.57 Å². The van der Waals surface area contributed by atoms with Gasteiger partial charge in [0.15, 0.2) is 11.5 Å². The SMILES string of the molecule is CCOc1cc(/C=C(\C#N)C(=O)Nc2ccc(I)cc2)cc(Br)c1OCc1ccccc1C. The number of halogens is 2. The molecule has 3 aromatic rings.